The minimum Gasteiger partial charge on any atom is -0.297 e. The van der Waals surface area contributed by atoms with Crippen LogP contribution < -0.4 is 0 Å². The van der Waals surface area contributed by atoms with E-state index >= 15 is 0 Å². The molecule has 0 atom stereocenters. The predicted molar refractivity (Wildman–Crippen MR) is 74.2 cm³/mol. The van der Waals surface area contributed by atoms with Crippen molar-refractivity contribution in [3.8, 4) is 11.4 Å². The van der Waals surface area contributed by atoms with E-state index in [1.807, 2.05) is 0 Å². The van der Waals surface area contributed by atoms with E-state index in [1.54, 1.807) is 25.1 Å². The summed E-state index contributed by atoms with van der Waals surface area (Å²) in [7, 11) is 1.35. The number of aromatic nitrogens is 3. The van der Waals surface area contributed by atoms with Crippen LogP contribution in [0.2, 0.25) is 10.0 Å². The summed E-state index contributed by atoms with van der Waals surface area (Å²) in [6, 6.07) is 4.86. The van der Waals surface area contributed by atoms with Gasteiger partial charge >= 0.3 is 0 Å². The second-order valence-electron chi connectivity index (χ2n) is 3.62. The molecule has 19 heavy (non-hydrogen) atoms. The van der Waals surface area contributed by atoms with Crippen molar-refractivity contribution in [3.63, 3.8) is 0 Å². The Morgan fingerprint density at radius 1 is 1.21 bits per heavy atom. The van der Waals surface area contributed by atoms with Gasteiger partial charge in [0.15, 0.2) is 5.82 Å². The van der Waals surface area contributed by atoms with Gasteiger partial charge in [0, 0.05) is 22.8 Å². The monoisotopic (exact) mass is 339 g/mol. The van der Waals surface area contributed by atoms with Crippen molar-refractivity contribution < 1.29 is 8.42 Å². The fourth-order valence-corrected chi connectivity index (χ4v) is 2.86. The van der Waals surface area contributed by atoms with Crippen LogP contribution in [0.3, 0.4) is 0 Å². The second kappa shape index (κ2) is 5.28. The minimum atomic E-state index is -3.95. The third-order valence-corrected chi connectivity index (χ3v) is 4.32. The highest BCUT2D eigenvalue weighted by Gasteiger charge is 2.22. The molecule has 2 aromatic rings. The Hall–Kier alpha value is -0.820. The third kappa shape index (κ3) is 2.86. The Bertz CT molecular complexity index is 728. The molecule has 0 aliphatic carbocycles. The minimum absolute atomic E-state index is 0.294. The first kappa shape index (κ1) is 14.6. The molecule has 1 aromatic carbocycles. The highest BCUT2D eigenvalue weighted by atomic mass is 35.7. The molecule has 102 valence electrons. The first-order valence-electron chi connectivity index (χ1n) is 5.18. The van der Waals surface area contributed by atoms with Crippen molar-refractivity contribution in [3.05, 3.63) is 28.2 Å². The van der Waals surface area contributed by atoms with Gasteiger partial charge in [-0.2, -0.15) is 0 Å². The molecular formula is C10H8Cl3N3O2S. The van der Waals surface area contributed by atoms with Gasteiger partial charge in [0.05, 0.1) is 10.0 Å². The normalized spacial score (nSPS) is 11.8. The Morgan fingerprint density at radius 2 is 1.89 bits per heavy atom. The zero-order valence-corrected chi connectivity index (χ0v) is 12.7. The molecule has 0 bridgehead atoms. The number of nitrogens with zero attached hydrogens (tertiary/aromatic N) is 3. The smallest absolute Gasteiger partial charge is 0.296 e. The molecule has 1 heterocycles. The molecule has 0 radical (unpaired) electrons. The maximum atomic E-state index is 11.4. The SMILES string of the molecule is CCn1c(-c2ccc(Cl)c(Cl)c2)nnc1S(=O)(=O)Cl. The van der Waals surface area contributed by atoms with Crippen LogP contribution in [-0.4, -0.2) is 23.2 Å². The second-order valence-corrected chi connectivity index (χ2v) is 6.89. The highest BCUT2D eigenvalue weighted by Crippen LogP contribution is 2.29. The van der Waals surface area contributed by atoms with Gasteiger partial charge in [0.2, 0.25) is 0 Å². The molecule has 2 rings (SSSR count). The molecule has 5 nitrogen and oxygen atoms in total. The van der Waals surface area contributed by atoms with Crippen molar-refractivity contribution in [1.82, 2.24) is 14.8 Å². The summed E-state index contributed by atoms with van der Waals surface area (Å²) in [6.07, 6.45) is 0. The molecule has 0 unspecified atom stereocenters. The largest absolute Gasteiger partial charge is 0.297 e. The molecule has 0 amide bonds. The first-order chi connectivity index (χ1) is 8.84. The number of benzene rings is 1. The van der Waals surface area contributed by atoms with Crippen molar-refractivity contribution in [2.75, 3.05) is 0 Å². The molecule has 1 aromatic heterocycles. The summed E-state index contributed by atoms with van der Waals surface area (Å²) in [5.74, 6) is 0.361. The standard InChI is InChI=1S/C10H8Cl3N3O2S/c1-2-16-9(14-15-10(16)19(13,17)18)6-3-4-7(11)8(12)5-6/h3-5H,2H2,1H3. The molecule has 9 heteroatoms. The maximum absolute atomic E-state index is 11.4. The molecule has 0 saturated heterocycles. The predicted octanol–water partition coefficient (Wildman–Crippen LogP) is 3.20. The molecule has 0 N–H and O–H groups in total. The molecule has 0 spiro atoms. The molecule has 0 fully saturated rings. The van der Waals surface area contributed by atoms with Gasteiger partial charge in [-0.05, 0) is 25.1 Å². The summed E-state index contributed by atoms with van der Waals surface area (Å²) in [6.45, 7) is 2.11. The van der Waals surface area contributed by atoms with Gasteiger partial charge in [-0.25, -0.2) is 8.42 Å². The maximum Gasteiger partial charge on any atom is 0.296 e. The summed E-state index contributed by atoms with van der Waals surface area (Å²) in [5.41, 5.74) is 0.607. The van der Waals surface area contributed by atoms with E-state index in [0.29, 0.717) is 28.0 Å². The van der Waals surface area contributed by atoms with Crippen LogP contribution >= 0.6 is 33.9 Å². The summed E-state index contributed by atoms with van der Waals surface area (Å²) in [4.78, 5) is 0. The average Bonchev–Trinajstić information content (AvgIpc) is 2.76. The Labute approximate surface area is 124 Å². The summed E-state index contributed by atoms with van der Waals surface area (Å²) in [5, 5.41) is 7.90. The lowest BCUT2D eigenvalue weighted by molar-refractivity contribution is 0.583. The quantitative estimate of drug-likeness (QED) is 0.805. The molecular weight excluding hydrogens is 333 g/mol. The van der Waals surface area contributed by atoms with Gasteiger partial charge < -0.3 is 0 Å². The number of rotatable bonds is 3. The van der Waals surface area contributed by atoms with Crippen LogP contribution in [0, 0.1) is 0 Å². The van der Waals surface area contributed by atoms with E-state index in [1.165, 1.54) is 4.57 Å². The van der Waals surface area contributed by atoms with E-state index < -0.39 is 9.05 Å². The van der Waals surface area contributed by atoms with E-state index in [-0.39, 0.29) is 5.16 Å². The van der Waals surface area contributed by atoms with Gasteiger partial charge in [0.1, 0.15) is 0 Å². The third-order valence-electron chi connectivity index (χ3n) is 2.43. The average molecular weight is 341 g/mol. The van der Waals surface area contributed by atoms with Crippen LogP contribution in [0.4, 0.5) is 0 Å². The van der Waals surface area contributed by atoms with Crippen LogP contribution in [0.15, 0.2) is 23.4 Å². The molecule has 0 aliphatic rings. The van der Waals surface area contributed by atoms with E-state index in [4.69, 9.17) is 33.9 Å². The van der Waals surface area contributed by atoms with Crippen molar-refractivity contribution in [2.45, 2.75) is 18.6 Å². The van der Waals surface area contributed by atoms with Crippen LogP contribution in [0.25, 0.3) is 11.4 Å². The van der Waals surface area contributed by atoms with Gasteiger partial charge in [0.25, 0.3) is 14.2 Å². The zero-order valence-electron chi connectivity index (χ0n) is 9.64. The summed E-state index contributed by atoms with van der Waals surface area (Å²) < 4.78 is 24.1. The Morgan fingerprint density at radius 3 is 2.42 bits per heavy atom. The van der Waals surface area contributed by atoms with Gasteiger partial charge in [-0.15, -0.1) is 10.2 Å². The van der Waals surface area contributed by atoms with Gasteiger partial charge in [-0.3, -0.25) is 4.57 Å². The van der Waals surface area contributed by atoms with Crippen molar-refractivity contribution in [1.29, 1.82) is 0 Å². The Balaban J connectivity index is 2.63. The lowest BCUT2D eigenvalue weighted by Crippen LogP contribution is -2.06. The molecule has 0 saturated carbocycles. The van der Waals surface area contributed by atoms with E-state index in [2.05, 4.69) is 10.2 Å². The number of hydrogen-bond acceptors (Lipinski definition) is 4. The summed E-state index contributed by atoms with van der Waals surface area (Å²) >= 11 is 11.8. The van der Waals surface area contributed by atoms with E-state index in [0.717, 1.165) is 0 Å². The molecule has 0 aliphatic heterocycles. The van der Waals surface area contributed by atoms with Crippen molar-refractivity contribution in [2.24, 2.45) is 0 Å². The number of hydrogen-bond donors (Lipinski definition) is 0. The van der Waals surface area contributed by atoms with E-state index in [9.17, 15) is 8.42 Å². The topological polar surface area (TPSA) is 64.8 Å². The lowest BCUT2D eigenvalue weighted by Gasteiger charge is -2.06. The highest BCUT2D eigenvalue weighted by molar-refractivity contribution is 8.13. The van der Waals surface area contributed by atoms with Crippen LogP contribution in [0.5, 0.6) is 0 Å². The fraction of sp³-hybridized carbons (Fsp3) is 0.200. The lowest BCUT2D eigenvalue weighted by atomic mass is 10.2. The Kier molecular flexibility index (Phi) is 4.06. The number of halogens is 3. The first-order valence-corrected chi connectivity index (χ1v) is 8.24. The van der Waals surface area contributed by atoms with Crippen LogP contribution in [0.1, 0.15) is 6.92 Å². The van der Waals surface area contributed by atoms with Gasteiger partial charge in [-0.1, -0.05) is 23.2 Å². The zero-order chi connectivity index (χ0) is 14.2. The van der Waals surface area contributed by atoms with Crippen LogP contribution in [-0.2, 0) is 15.6 Å². The fourth-order valence-electron chi connectivity index (χ4n) is 1.60. The van der Waals surface area contributed by atoms with Crippen molar-refractivity contribution >= 4 is 42.9 Å².